The van der Waals surface area contributed by atoms with Gasteiger partial charge in [-0.15, -0.1) is 0 Å². The Morgan fingerprint density at radius 2 is 1.84 bits per heavy atom. The summed E-state index contributed by atoms with van der Waals surface area (Å²) in [6, 6.07) is 13.1. The smallest absolute Gasteiger partial charge is 0.255 e. The molecule has 9 heteroatoms. The molecule has 2 saturated heterocycles. The highest BCUT2D eigenvalue weighted by molar-refractivity contribution is 6.01. The van der Waals surface area contributed by atoms with Gasteiger partial charge >= 0.3 is 0 Å². The summed E-state index contributed by atoms with van der Waals surface area (Å²) < 4.78 is 5.10. The number of aliphatic hydroxyl groups excluding tert-OH is 1. The Bertz CT molecular complexity index is 1190. The molecule has 3 amide bonds. The minimum absolute atomic E-state index is 0.0461. The number of ether oxygens (including phenoxy) is 1. The van der Waals surface area contributed by atoms with Crippen LogP contribution in [-0.2, 0) is 33.0 Å². The Kier molecular flexibility index (Phi) is 6.78. The fourth-order valence-corrected chi connectivity index (χ4v) is 5.46. The van der Waals surface area contributed by atoms with Crippen LogP contribution in [0.15, 0.2) is 48.5 Å². The molecule has 0 aliphatic carbocycles. The highest BCUT2D eigenvalue weighted by Crippen LogP contribution is 2.31. The first-order valence-corrected chi connectivity index (χ1v) is 12.7. The molecule has 9 nitrogen and oxygen atoms in total. The van der Waals surface area contributed by atoms with Gasteiger partial charge in [-0.3, -0.25) is 14.4 Å². The van der Waals surface area contributed by atoms with Crippen molar-refractivity contribution in [2.75, 3.05) is 19.8 Å². The quantitative estimate of drug-likeness (QED) is 0.518. The molecular formula is C28H33N3O6. The van der Waals surface area contributed by atoms with Crippen LogP contribution < -0.4 is 5.32 Å². The first kappa shape index (κ1) is 25.4. The molecule has 3 N–H and O–H groups in total. The first-order valence-electron chi connectivity index (χ1n) is 12.7. The highest BCUT2D eigenvalue weighted by atomic mass is 16.5. The zero-order chi connectivity index (χ0) is 26.3. The van der Waals surface area contributed by atoms with Crippen LogP contribution in [0, 0.1) is 5.92 Å². The molecule has 0 spiro atoms. The van der Waals surface area contributed by atoms with Gasteiger partial charge in [0.2, 0.25) is 11.8 Å². The number of nitrogens with zero attached hydrogens (tertiary/aromatic N) is 2. The third-order valence-electron chi connectivity index (χ3n) is 7.57. The van der Waals surface area contributed by atoms with Gasteiger partial charge in [-0.2, -0.15) is 0 Å². The fraction of sp³-hybridized carbons (Fsp3) is 0.464. The van der Waals surface area contributed by atoms with Crippen LogP contribution in [0.2, 0.25) is 0 Å². The van der Waals surface area contributed by atoms with Crippen molar-refractivity contribution in [2.45, 2.75) is 57.1 Å². The van der Waals surface area contributed by atoms with E-state index in [4.69, 9.17) is 4.74 Å². The molecule has 3 heterocycles. The van der Waals surface area contributed by atoms with Gasteiger partial charge in [-0.1, -0.05) is 56.3 Å². The Labute approximate surface area is 216 Å². The number of carbonyl (C=O) groups excluding carboxylic acids is 3. The number of β-amino-alcohol motifs (C(OH)–C–C–N with tert-alkyl or cyclic N) is 1. The van der Waals surface area contributed by atoms with Crippen LogP contribution in [0.5, 0.6) is 0 Å². The van der Waals surface area contributed by atoms with Crippen molar-refractivity contribution in [3.8, 4) is 0 Å². The second-order valence-corrected chi connectivity index (χ2v) is 10.6. The molecule has 3 atom stereocenters. The summed E-state index contributed by atoms with van der Waals surface area (Å²) in [5, 5.41) is 23.7. The highest BCUT2D eigenvalue weighted by Gasteiger charge is 2.45. The predicted molar refractivity (Wildman–Crippen MR) is 134 cm³/mol. The van der Waals surface area contributed by atoms with Crippen LogP contribution in [0.1, 0.15) is 47.3 Å². The minimum Gasteiger partial charge on any atom is -0.391 e. The van der Waals surface area contributed by atoms with Crippen molar-refractivity contribution >= 4 is 17.7 Å². The van der Waals surface area contributed by atoms with Crippen LogP contribution in [0.4, 0.5) is 0 Å². The molecule has 2 aromatic rings. The van der Waals surface area contributed by atoms with Gasteiger partial charge in [0.15, 0.2) is 0 Å². The van der Waals surface area contributed by atoms with Crippen molar-refractivity contribution in [2.24, 2.45) is 5.92 Å². The Morgan fingerprint density at radius 1 is 1.14 bits per heavy atom. The number of rotatable bonds is 7. The molecule has 2 aromatic carbocycles. The maximum Gasteiger partial charge on any atom is 0.255 e. The van der Waals surface area contributed by atoms with E-state index in [1.807, 2.05) is 50.2 Å². The van der Waals surface area contributed by atoms with Gasteiger partial charge in [0.1, 0.15) is 17.7 Å². The molecule has 0 saturated carbocycles. The summed E-state index contributed by atoms with van der Waals surface area (Å²) >= 11 is 0. The van der Waals surface area contributed by atoms with Gasteiger partial charge in [0, 0.05) is 31.6 Å². The van der Waals surface area contributed by atoms with Crippen molar-refractivity contribution < 1.29 is 29.3 Å². The lowest BCUT2D eigenvalue weighted by Crippen LogP contribution is -2.55. The molecule has 0 radical (unpaired) electrons. The van der Waals surface area contributed by atoms with E-state index in [0.717, 1.165) is 16.7 Å². The SMILES string of the molecule is CC(C)[C@@H](C(=O)N1C[C@H](O)CC1C(=O)NCc1ccc(C2(O)COC2)cc1)N1Cc2ccccc2C1=O. The lowest BCUT2D eigenvalue weighted by Gasteiger charge is -2.36. The minimum atomic E-state index is -0.951. The van der Waals surface area contributed by atoms with E-state index in [0.29, 0.717) is 12.1 Å². The number of fused-ring (bicyclic) bond motifs is 1. The lowest BCUT2D eigenvalue weighted by molar-refractivity contribution is -0.184. The number of aliphatic hydroxyl groups is 2. The largest absolute Gasteiger partial charge is 0.391 e. The fourth-order valence-electron chi connectivity index (χ4n) is 5.46. The molecule has 3 aliphatic heterocycles. The van der Waals surface area contributed by atoms with Crippen LogP contribution in [-0.4, -0.2) is 75.7 Å². The van der Waals surface area contributed by atoms with Gasteiger partial charge in [0.25, 0.3) is 5.91 Å². The Balaban J connectivity index is 1.27. The van der Waals surface area contributed by atoms with Gasteiger partial charge < -0.3 is 30.1 Å². The molecule has 0 aromatic heterocycles. The van der Waals surface area contributed by atoms with Gasteiger partial charge in [0.05, 0.1) is 19.3 Å². The number of nitrogens with one attached hydrogen (secondary N) is 1. The van der Waals surface area contributed by atoms with E-state index in [2.05, 4.69) is 5.32 Å². The second-order valence-electron chi connectivity index (χ2n) is 10.6. The Hall–Kier alpha value is -3.27. The summed E-state index contributed by atoms with van der Waals surface area (Å²) in [6.45, 7) is 4.94. The maximum absolute atomic E-state index is 13.8. The van der Waals surface area contributed by atoms with Crippen molar-refractivity contribution in [3.63, 3.8) is 0 Å². The van der Waals surface area contributed by atoms with Crippen LogP contribution in [0.25, 0.3) is 0 Å². The Morgan fingerprint density at radius 3 is 2.46 bits per heavy atom. The van der Waals surface area contributed by atoms with Gasteiger partial charge in [-0.05, 0) is 28.7 Å². The van der Waals surface area contributed by atoms with E-state index in [-0.39, 0.29) is 56.4 Å². The monoisotopic (exact) mass is 507 g/mol. The van der Waals surface area contributed by atoms with Gasteiger partial charge in [-0.25, -0.2) is 0 Å². The summed E-state index contributed by atoms with van der Waals surface area (Å²) in [4.78, 5) is 43.1. The molecule has 37 heavy (non-hydrogen) atoms. The third kappa shape index (κ3) is 4.74. The number of likely N-dealkylation sites (tertiary alicyclic amines) is 1. The number of benzene rings is 2. The summed E-state index contributed by atoms with van der Waals surface area (Å²) in [7, 11) is 0. The molecule has 5 rings (SSSR count). The molecular weight excluding hydrogens is 474 g/mol. The topological polar surface area (TPSA) is 119 Å². The van der Waals surface area contributed by atoms with E-state index in [1.54, 1.807) is 17.0 Å². The van der Waals surface area contributed by atoms with E-state index < -0.39 is 23.8 Å². The maximum atomic E-state index is 13.8. The van der Waals surface area contributed by atoms with E-state index in [1.165, 1.54) is 4.90 Å². The number of hydrogen-bond donors (Lipinski definition) is 3. The van der Waals surface area contributed by atoms with Crippen LogP contribution >= 0.6 is 0 Å². The normalized spacial score (nSPS) is 23.1. The summed E-state index contributed by atoms with van der Waals surface area (Å²) in [5.74, 6) is -1.04. The summed E-state index contributed by atoms with van der Waals surface area (Å²) in [6.07, 6.45) is -0.675. The summed E-state index contributed by atoms with van der Waals surface area (Å²) in [5.41, 5.74) is 2.14. The number of carbonyl (C=O) groups is 3. The molecule has 0 bridgehead atoms. The predicted octanol–water partition coefficient (Wildman–Crippen LogP) is 1.16. The molecule has 1 unspecified atom stereocenters. The molecule has 196 valence electrons. The standard InChI is InChI=1S/C28H33N3O6/c1-17(2)24(31-13-19-5-3-4-6-22(19)26(31)34)27(35)30-14-21(32)11-23(30)25(33)29-12-18-7-9-20(10-8-18)28(36)15-37-16-28/h3-10,17,21,23-24,32,36H,11-16H2,1-2H3,(H,29,33)/t21-,23?,24+/m1/s1. The molecule has 2 fully saturated rings. The first-order chi connectivity index (χ1) is 17.7. The van der Waals surface area contributed by atoms with E-state index in [9.17, 15) is 24.6 Å². The third-order valence-corrected chi connectivity index (χ3v) is 7.57. The van der Waals surface area contributed by atoms with E-state index >= 15 is 0 Å². The average Bonchev–Trinajstić information content (AvgIpc) is 3.41. The average molecular weight is 508 g/mol. The van der Waals surface area contributed by atoms with Crippen LogP contribution in [0.3, 0.4) is 0 Å². The van der Waals surface area contributed by atoms with Crippen molar-refractivity contribution in [1.82, 2.24) is 15.1 Å². The second kappa shape index (κ2) is 9.89. The zero-order valence-electron chi connectivity index (χ0n) is 21.1. The number of hydrogen-bond acceptors (Lipinski definition) is 6. The lowest BCUT2D eigenvalue weighted by atomic mass is 9.91. The molecule has 3 aliphatic rings. The number of amides is 3. The van der Waals surface area contributed by atoms with Crippen molar-refractivity contribution in [3.05, 3.63) is 70.8 Å². The zero-order valence-corrected chi connectivity index (χ0v) is 21.1. The van der Waals surface area contributed by atoms with Crippen molar-refractivity contribution in [1.29, 1.82) is 0 Å².